The largest absolute Gasteiger partial charge is 0.328 e. The van der Waals surface area contributed by atoms with E-state index in [0.29, 0.717) is 12.0 Å². The Balaban J connectivity index is 1.57. The highest BCUT2D eigenvalue weighted by Gasteiger charge is 2.22. The van der Waals surface area contributed by atoms with Crippen molar-refractivity contribution >= 4 is 22.7 Å². The SMILES string of the molecule is CC(N)C1CCN(Cc2csc(-c3ccsc3)n2)CC1. The lowest BCUT2D eigenvalue weighted by Gasteiger charge is -2.33. The monoisotopic (exact) mass is 307 g/mol. The predicted molar refractivity (Wildman–Crippen MR) is 87.1 cm³/mol. The van der Waals surface area contributed by atoms with Gasteiger partial charge in [0.25, 0.3) is 0 Å². The summed E-state index contributed by atoms with van der Waals surface area (Å²) in [6.07, 6.45) is 2.44. The topological polar surface area (TPSA) is 42.1 Å². The minimum Gasteiger partial charge on any atom is -0.328 e. The summed E-state index contributed by atoms with van der Waals surface area (Å²) in [6, 6.07) is 2.48. The molecule has 108 valence electrons. The molecule has 3 heterocycles. The quantitative estimate of drug-likeness (QED) is 0.941. The Morgan fingerprint density at radius 1 is 1.40 bits per heavy atom. The van der Waals surface area contributed by atoms with Crippen LogP contribution in [0, 0.1) is 5.92 Å². The first-order valence-electron chi connectivity index (χ1n) is 7.17. The van der Waals surface area contributed by atoms with Crippen molar-refractivity contribution in [3.05, 3.63) is 27.9 Å². The number of thiophene rings is 1. The summed E-state index contributed by atoms with van der Waals surface area (Å²) in [5.41, 5.74) is 8.45. The molecule has 2 aromatic heterocycles. The Bertz CT molecular complexity index is 525. The van der Waals surface area contributed by atoms with Gasteiger partial charge >= 0.3 is 0 Å². The molecular formula is C15H21N3S2. The lowest BCUT2D eigenvalue weighted by molar-refractivity contribution is 0.164. The van der Waals surface area contributed by atoms with Gasteiger partial charge in [-0.1, -0.05) is 0 Å². The fraction of sp³-hybridized carbons (Fsp3) is 0.533. The number of hydrogen-bond donors (Lipinski definition) is 1. The Labute approximate surface area is 128 Å². The highest BCUT2D eigenvalue weighted by atomic mass is 32.1. The summed E-state index contributed by atoms with van der Waals surface area (Å²) >= 11 is 3.48. The molecule has 1 saturated heterocycles. The Kier molecular flexibility index (Phi) is 4.51. The van der Waals surface area contributed by atoms with E-state index in [0.717, 1.165) is 24.6 Å². The van der Waals surface area contributed by atoms with E-state index in [-0.39, 0.29) is 0 Å². The number of likely N-dealkylation sites (tertiary alicyclic amines) is 1. The Morgan fingerprint density at radius 3 is 2.85 bits per heavy atom. The van der Waals surface area contributed by atoms with E-state index < -0.39 is 0 Å². The second-order valence-electron chi connectivity index (χ2n) is 5.63. The van der Waals surface area contributed by atoms with E-state index in [1.54, 1.807) is 22.7 Å². The van der Waals surface area contributed by atoms with Gasteiger partial charge in [-0.25, -0.2) is 4.98 Å². The van der Waals surface area contributed by atoms with Crippen LogP contribution in [0.4, 0.5) is 0 Å². The molecule has 2 N–H and O–H groups in total. The number of nitrogens with two attached hydrogens (primary N) is 1. The fourth-order valence-corrected chi connectivity index (χ4v) is 4.29. The summed E-state index contributed by atoms with van der Waals surface area (Å²) in [5.74, 6) is 0.697. The molecule has 0 amide bonds. The van der Waals surface area contributed by atoms with Gasteiger partial charge in [-0.3, -0.25) is 4.90 Å². The summed E-state index contributed by atoms with van der Waals surface area (Å²) < 4.78 is 0. The number of piperidine rings is 1. The van der Waals surface area contributed by atoms with Crippen molar-refractivity contribution in [2.45, 2.75) is 32.4 Å². The van der Waals surface area contributed by atoms with Gasteiger partial charge < -0.3 is 5.73 Å². The van der Waals surface area contributed by atoms with Crippen LogP contribution in [-0.2, 0) is 6.54 Å². The second-order valence-corrected chi connectivity index (χ2v) is 7.27. The number of aromatic nitrogens is 1. The Morgan fingerprint density at radius 2 is 2.20 bits per heavy atom. The van der Waals surface area contributed by atoms with Crippen molar-refractivity contribution in [2.75, 3.05) is 13.1 Å². The van der Waals surface area contributed by atoms with Gasteiger partial charge in [-0.15, -0.1) is 11.3 Å². The molecule has 0 aliphatic carbocycles. The molecule has 1 unspecified atom stereocenters. The molecule has 1 aliphatic heterocycles. The lowest BCUT2D eigenvalue weighted by atomic mass is 9.91. The number of rotatable bonds is 4. The van der Waals surface area contributed by atoms with Gasteiger partial charge in [0, 0.05) is 28.9 Å². The average molecular weight is 307 g/mol. The van der Waals surface area contributed by atoms with Gasteiger partial charge in [0.15, 0.2) is 0 Å². The zero-order valence-electron chi connectivity index (χ0n) is 11.8. The van der Waals surface area contributed by atoms with Crippen molar-refractivity contribution in [3.8, 4) is 10.6 Å². The van der Waals surface area contributed by atoms with Crippen LogP contribution < -0.4 is 5.73 Å². The smallest absolute Gasteiger partial charge is 0.124 e. The molecule has 20 heavy (non-hydrogen) atoms. The third kappa shape index (κ3) is 3.28. The third-order valence-corrected chi connectivity index (χ3v) is 5.70. The zero-order valence-corrected chi connectivity index (χ0v) is 13.4. The van der Waals surface area contributed by atoms with Crippen LogP contribution in [0.25, 0.3) is 10.6 Å². The van der Waals surface area contributed by atoms with E-state index in [2.05, 4.69) is 34.0 Å². The molecule has 1 aliphatic rings. The number of nitrogens with zero attached hydrogens (tertiary/aromatic N) is 2. The molecule has 0 aromatic carbocycles. The van der Waals surface area contributed by atoms with Gasteiger partial charge in [0.1, 0.15) is 5.01 Å². The minimum atomic E-state index is 0.335. The van der Waals surface area contributed by atoms with Crippen molar-refractivity contribution in [3.63, 3.8) is 0 Å². The molecule has 1 atom stereocenters. The highest BCUT2D eigenvalue weighted by molar-refractivity contribution is 7.14. The maximum atomic E-state index is 5.99. The first kappa shape index (κ1) is 14.2. The molecule has 0 spiro atoms. The lowest BCUT2D eigenvalue weighted by Crippen LogP contribution is -2.39. The molecule has 1 fully saturated rings. The van der Waals surface area contributed by atoms with Crippen LogP contribution in [0.1, 0.15) is 25.5 Å². The standard InChI is InChI=1S/C15H21N3S2/c1-11(16)12-2-5-18(6-3-12)8-14-10-20-15(17-14)13-4-7-19-9-13/h4,7,9-12H,2-3,5-6,8,16H2,1H3. The number of thiazole rings is 1. The van der Waals surface area contributed by atoms with Crippen LogP contribution in [-0.4, -0.2) is 29.0 Å². The normalized spacial score (nSPS) is 19.3. The van der Waals surface area contributed by atoms with Gasteiger partial charge in [0.05, 0.1) is 5.69 Å². The molecule has 2 aromatic rings. The third-order valence-electron chi connectivity index (χ3n) is 4.08. The molecule has 5 heteroatoms. The zero-order chi connectivity index (χ0) is 13.9. The van der Waals surface area contributed by atoms with Gasteiger partial charge in [-0.05, 0) is 50.2 Å². The van der Waals surface area contributed by atoms with Crippen LogP contribution in [0.5, 0.6) is 0 Å². The second kappa shape index (κ2) is 6.35. The van der Waals surface area contributed by atoms with E-state index in [4.69, 9.17) is 10.7 Å². The van der Waals surface area contributed by atoms with E-state index >= 15 is 0 Å². The molecule has 0 saturated carbocycles. The first-order valence-corrected chi connectivity index (χ1v) is 8.99. The average Bonchev–Trinajstić information content (AvgIpc) is 3.09. The van der Waals surface area contributed by atoms with Crippen molar-refractivity contribution < 1.29 is 0 Å². The summed E-state index contributed by atoms with van der Waals surface area (Å²) in [4.78, 5) is 7.27. The van der Waals surface area contributed by atoms with Gasteiger partial charge in [-0.2, -0.15) is 11.3 Å². The molecule has 3 rings (SSSR count). The summed E-state index contributed by atoms with van der Waals surface area (Å²) in [6.45, 7) is 5.41. The predicted octanol–water partition coefficient (Wildman–Crippen LogP) is 3.43. The highest BCUT2D eigenvalue weighted by Crippen LogP contribution is 2.27. The van der Waals surface area contributed by atoms with E-state index in [1.807, 2.05) is 0 Å². The molecule has 0 bridgehead atoms. The number of hydrogen-bond acceptors (Lipinski definition) is 5. The minimum absolute atomic E-state index is 0.335. The summed E-state index contributed by atoms with van der Waals surface area (Å²) in [7, 11) is 0. The van der Waals surface area contributed by atoms with Crippen molar-refractivity contribution in [1.29, 1.82) is 0 Å². The van der Waals surface area contributed by atoms with Crippen LogP contribution in [0.3, 0.4) is 0 Å². The van der Waals surface area contributed by atoms with Crippen LogP contribution in [0.15, 0.2) is 22.2 Å². The summed E-state index contributed by atoms with van der Waals surface area (Å²) in [5, 5.41) is 7.61. The van der Waals surface area contributed by atoms with Crippen LogP contribution >= 0.6 is 22.7 Å². The van der Waals surface area contributed by atoms with Crippen LogP contribution in [0.2, 0.25) is 0 Å². The fourth-order valence-electron chi connectivity index (χ4n) is 2.76. The van der Waals surface area contributed by atoms with E-state index in [1.165, 1.54) is 24.1 Å². The Hall–Kier alpha value is -0.750. The maximum absolute atomic E-state index is 5.99. The molecular weight excluding hydrogens is 286 g/mol. The van der Waals surface area contributed by atoms with Gasteiger partial charge in [0.2, 0.25) is 0 Å². The first-order chi connectivity index (χ1) is 9.72. The molecule has 3 nitrogen and oxygen atoms in total. The molecule has 0 radical (unpaired) electrons. The van der Waals surface area contributed by atoms with E-state index in [9.17, 15) is 0 Å². The van der Waals surface area contributed by atoms with Crippen molar-refractivity contribution in [1.82, 2.24) is 9.88 Å². The maximum Gasteiger partial charge on any atom is 0.124 e. The van der Waals surface area contributed by atoms with Crippen molar-refractivity contribution in [2.24, 2.45) is 11.7 Å².